The normalized spacial score (nSPS) is 16.6. The SMILES string of the molecule is O=C(CN1CCCC(c2nc(-c3cccc(F)c3)no2)C1)Nc1ccc([N+](=O)[O-])cc1Cl. The molecule has 1 fully saturated rings. The van der Waals surface area contributed by atoms with Gasteiger partial charge < -0.3 is 9.84 Å². The third-order valence-corrected chi connectivity index (χ3v) is 5.50. The number of anilines is 1. The van der Waals surface area contributed by atoms with Crippen LogP contribution in [0.2, 0.25) is 5.02 Å². The summed E-state index contributed by atoms with van der Waals surface area (Å²) in [4.78, 5) is 29.1. The molecule has 1 N–H and O–H groups in total. The zero-order chi connectivity index (χ0) is 22.7. The number of nitrogens with zero attached hydrogens (tertiary/aromatic N) is 4. The van der Waals surface area contributed by atoms with Gasteiger partial charge in [-0.15, -0.1) is 0 Å². The van der Waals surface area contributed by atoms with Crippen molar-refractivity contribution in [2.24, 2.45) is 0 Å². The summed E-state index contributed by atoms with van der Waals surface area (Å²) in [6.07, 6.45) is 1.67. The molecule has 166 valence electrons. The molecule has 32 heavy (non-hydrogen) atoms. The Bertz CT molecular complexity index is 1150. The fourth-order valence-electron chi connectivity index (χ4n) is 3.66. The summed E-state index contributed by atoms with van der Waals surface area (Å²) in [5, 5.41) is 17.6. The van der Waals surface area contributed by atoms with E-state index in [-0.39, 0.29) is 34.9 Å². The fraction of sp³-hybridized carbons (Fsp3) is 0.286. The quantitative estimate of drug-likeness (QED) is 0.432. The number of carbonyl (C=O) groups is 1. The van der Waals surface area contributed by atoms with E-state index in [4.69, 9.17) is 16.1 Å². The lowest BCUT2D eigenvalue weighted by atomic mass is 9.98. The third kappa shape index (κ3) is 5.09. The average molecular weight is 460 g/mol. The topological polar surface area (TPSA) is 114 Å². The Morgan fingerprint density at radius 3 is 2.94 bits per heavy atom. The molecule has 11 heteroatoms. The molecule has 0 aliphatic carbocycles. The molecule has 1 aliphatic heterocycles. The van der Waals surface area contributed by atoms with Crippen LogP contribution in [-0.2, 0) is 4.79 Å². The summed E-state index contributed by atoms with van der Waals surface area (Å²) in [7, 11) is 0. The Morgan fingerprint density at radius 2 is 2.19 bits per heavy atom. The molecule has 0 radical (unpaired) electrons. The molecule has 1 saturated heterocycles. The van der Waals surface area contributed by atoms with E-state index in [1.54, 1.807) is 12.1 Å². The second-order valence-corrected chi connectivity index (χ2v) is 7.92. The Morgan fingerprint density at radius 1 is 1.34 bits per heavy atom. The standard InChI is InChI=1S/C21H19ClFN5O4/c22-17-10-16(28(30)31)6-7-18(17)24-19(29)12-27-8-2-4-14(11-27)21-25-20(26-32-21)13-3-1-5-15(23)9-13/h1,3,5-7,9-10,14H,2,4,8,11-12H2,(H,24,29). The van der Waals surface area contributed by atoms with E-state index in [1.165, 1.54) is 30.3 Å². The van der Waals surface area contributed by atoms with Gasteiger partial charge in [0.2, 0.25) is 17.6 Å². The number of nitrogens with one attached hydrogen (secondary N) is 1. The molecular weight excluding hydrogens is 441 g/mol. The highest BCUT2D eigenvalue weighted by molar-refractivity contribution is 6.34. The fourth-order valence-corrected chi connectivity index (χ4v) is 3.88. The van der Waals surface area contributed by atoms with Gasteiger partial charge in [-0.3, -0.25) is 19.8 Å². The molecule has 9 nitrogen and oxygen atoms in total. The van der Waals surface area contributed by atoms with Gasteiger partial charge in [0.25, 0.3) is 5.69 Å². The predicted molar refractivity (Wildman–Crippen MR) is 115 cm³/mol. The molecule has 2 aromatic carbocycles. The maximum Gasteiger partial charge on any atom is 0.271 e. The van der Waals surface area contributed by atoms with Gasteiger partial charge in [0.05, 0.1) is 28.1 Å². The second kappa shape index (κ2) is 9.41. The number of carbonyl (C=O) groups excluding carboxylic acids is 1. The first kappa shape index (κ1) is 21.8. The van der Waals surface area contributed by atoms with Crippen LogP contribution in [0.1, 0.15) is 24.7 Å². The molecular formula is C21H19ClFN5O4. The molecule has 1 aromatic heterocycles. The largest absolute Gasteiger partial charge is 0.339 e. The van der Waals surface area contributed by atoms with Crippen molar-refractivity contribution in [3.05, 3.63) is 69.3 Å². The van der Waals surface area contributed by atoms with Crippen LogP contribution in [0.3, 0.4) is 0 Å². The highest BCUT2D eigenvalue weighted by Gasteiger charge is 2.27. The average Bonchev–Trinajstić information content (AvgIpc) is 3.26. The van der Waals surface area contributed by atoms with Gasteiger partial charge in [-0.05, 0) is 37.6 Å². The Balaban J connectivity index is 1.37. The Kier molecular flexibility index (Phi) is 6.42. The summed E-state index contributed by atoms with van der Waals surface area (Å²) >= 11 is 6.04. The zero-order valence-electron chi connectivity index (χ0n) is 16.8. The first-order chi connectivity index (χ1) is 15.4. The molecule has 1 amide bonds. The third-order valence-electron chi connectivity index (χ3n) is 5.18. The van der Waals surface area contributed by atoms with Crippen LogP contribution in [0.15, 0.2) is 47.0 Å². The number of halogens is 2. The summed E-state index contributed by atoms with van der Waals surface area (Å²) < 4.78 is 18.9. The molecule has 0 saturated carbocycles. The van der Waals surface area contributed by atoms with E-state index < -0.39 is 4.92 Å². The number of hydrogen-bond donors (Lipinski definition) is 1. The van der Waals surface area contributed by atoms with Crippen LogP contribution in [0.25, 0.3) is 11.4 Å². The van der Waals surface area contributed by atoms with Crippen molar-refractivity contribution in [1.29, 1.82) is 0 Å². The van der Waals surface area contributed by atoms with Crippen LogP contribution in [0, 0.1) is 15.9 Å². The second-order valence-electron chi connectivity index (χ2n) is 7.51. The van der Waals surface area contributed by atoms with Gasteiger partial charge in [0.1, 0.15) is 5.82 Å². The smallest absolute Gasteiger partial charge is 0.271 e. The number of hydrogen-bond acceptors (Lipinski definition) is 7. The number of amides is 1. The number of benzene rings is 2. The molecule has 3 aromatic rings. The minimum Gasteiger partial charge on any atom is -0.339 e. The van der Waals surface area contributed by atoms with Gasteiger partial charge in [-0.25, -0.2) is 4.39 Å². The maximum absolute atomic E-state index is 13.5. The number of aromatic nitrogens is 2. The van der Waals surface area contributed by atoms with Crippen LogP contribution in [0.4, 0.5) is 15.8 Å². The number of nitro benzene ring substituents is 1. The minimum atomic E-state index is -0.553. The summed E-state index contributed by atoms with van der Waals surface area (Å²) in [5.74, 6) is 0.0634. The van der Waals surface area contributed by atoms with Gasteiger partial charge in [-0.2, -0.15) is 4.98 Å². The van der Waals surface area contributed by atoms with Crippen LogP contribution < -0.4 is 5.32 Å². The number of piperidine rings is 1. The van der Waals surface area contributed by atoms with Gasteiger partial charge in [0.15, 0.2) is 0 Å². The number of non-ortho nitro benzene ring substituents is 1. The summed E-state index contributed by atoms with van der Waals surface area (Å²) in [5.41, 5.74) is 0.698. The van der Waals surface area contributed by atoms with E-state index in [1.807, 2.05) is 4.90 Å². The van der Waals surface area contributed by atoms with Crippen LogP contribution >= 0.6 is 11.6 Å². The molecule has 1 atom stereocenters. The molecule has 0 bridgehead atoms. The first-order valence-corrected chi connectivity index (χ1v) is 10.3. The van der Waals surface area contributed by atoms with E-state index >= 15 is 0 Å². The van der Waals surface area contributed by atoms with Gasteiger partial charge in [-0.1, -0.05) is 28.9 Å². The van der Waals surface area contributed by atoms with Crippen molar-refractivity contribution < 1.29 is 18.6 Å². The van der Waals surface area contributed by atoms with E-state index in [0.717, 1.165) is 19.4 Å². The van der Waals surface area contributed by atoms with Crippen molar-refractivity contribution in [3.8, 4) is 11.4 Å². The first-order valence-electron chi connectivity index (χ1n) is 9.95. The van der Waals surface area contributed by atoms with E-state index in [0.29, 0.717) is 29.5 Å². The molecule has 1 unspecified atom stereocenters. The van der Waals surface area contributed by atoms with Crippen LogP contribution in [0.5, 0.6) is 0 Å². The predicted octanol–water partition coefficient (Wildman–Crippen LogP) is 4.26. The highest BCUT2D eigenvalue weighted by Crippen LogP contribution is 2.29. The molecule has 2 heterocycles. The Labute approximate surface area is 187 Å². The highest BCUT2D eigenvalue weighted by atomic mass is 35.5. The maximum atomic E-state index is 13.5. The lowest BCUT2D eigenvalue weighted by molar-refractivity contribution is -0.384. The van der Waals surface area contributed by atoms with Crippen molar-refractivity contribution in [2.45, 2.75) is 18.8 Å². The lowest BCUT2D eigenvalue weighted by Gasteiger charge is -2.30. The summed E-state index contributed by atoms with van der Waals surface area (Å²) in [6, 6.07) is 9.86. The number of rotatable bonds is 6. The summed E-state index contributed by atoms with van der Waals surface area (Å²) in [6.45, 7) is 1.39. The van der Waals surface area contributed by atoms with E-state index in [2.05, 4.69) is 15.5 Å². The van der Waals surface area contributed by atoms with Gasteiger partial charge in [0, 0.05) is 24.2 Å². The number of likely N-dealkylation sites (tertiary alicyclic amines) is 1. The van der Waals surface area contributed by atoms with Gasteiger partial charge >= 0.3 is 0 Å². The van der Waals surface area contributed by atoms with Crippen molar-refractivity contribution in [3.63, 3.8) is 0 Å². The number of nitro groups is 1. The van der Waals surface area contributed by atoms with Crippen LogP contribution in [-0.4, -0.2) is 45.5 Å². The van der Waals surface area contributed by atoms with Crippen molar-refractivity contribution in [2.75, 3.05) is 25.0 Å². The molecule has 0 spiro atoms. The minimum absolute atomic E-state index is 0.0469. The van der Waals surface area contributed by atoms with Crippen molar-refractivity contribution in [1.82, 2.24) is 15.0 Å². The van der Waals surface area contributed by atoms with E-state index in [9.17, 15) is 19.3 Å². The zero-order valence-corrected chi connectivity index (χ0v) is 17.6. The molecule has 1 aliphatic rings. The molecule has 4 rings (SSSR count). The van der Waals surface area contributed by atoms with Crippen molar-refractivity contribution >= 4 is 28.9 Å². The monoisotopic (exact) mass is 459 g/mol. The lowest BCUT2D eigenvalue weighted by Crippen LogP contribution is -2.39. The Hall–Kier alpha value is -3.37.